The van der Waals surface area contributed by atoms with E-state index in [2.05, 4.69) is 39.4 Å². The molecule has 1 amide bonds. The molecule has 0 saturated carbocycles. The molecule has 3 aromatic carbocycles. The number of benzene rings is 3. The molecule has 5 rings (SSSR count). The highest BCUT2D eigenvalue weighted by Crippen LogP contribution is 2.37. The summed E-state index contributed by atoms with van der Waals surface area (Å²) in [7, 11) is 0. The van der Waals surface area contributed by atoms with Gasteiger partial charge in [-0.3, -0.25) is 19.8 Å². The second-order valence-electron chi connectivity index (χ2n) is 8.52. The summed E-state index contributed by atoms with van der Waals surface area (Å²) in [5.74, 6) is 0.0254. The fourth-order valence-corrected chi connectivity index (χ4v) is 4.37. The largest absolute Gasteiger partial charge is 0.486 e. The van der Waals surface area contributed by atoms with Crippen LogP contribution in [0, 0.1) is 10.1 Å². The van der Waals surface area contributed by atoms with Crippen LogP contribution in [0.5, 0.6) is 11.5 Å². The number of rotatable bonds is 6. The van der Waals surface area contributed by atoms with Gasteiger partial charge in [-0.2, -0.15) is 0 Å². The number of carbonyl (C=O) groups excluding carboxylic acids is 1. The molecule has 2 aliphatic rings. The van der Waals surface area contributed by atoms with Gasteiger partial charge >= 0.3 is 0 Å². The Morgan fingerprint density at radius 2 is 1.57 bits per heavy atom. The Morgan fingerprint density at radius 3 is 2.23 bits per heavy atom. The van der Waals surface area contributed by atoms with Crippen molar-refractivity contribution in [3.05, 3.63) is 88.0 Å². The number of nitro groups is 1. The van der Waals surface area contributed by atoms with Gasteiger partial charge in [0.05, 0.1) is 11.0 Å². The van der Waals surface area contributed by atoms with Gasteiger partial charge in [-0.15, -0.1) is 0 Å². The minimum atomic E-state index is -0.590. The van der Waals surface area contributed by atoms with E-state index in [0.29, 0.717) is 24.7 Å². The molecule has 1 N–H and O–H groups in total. The lowest BCUT2D eigenvalue weighted by Gasteiger charge is -2.36. The molecule has 0 unspecified atom stereocenters. The Balaban J connectivity index is 1.21. The third kappa shape index (κ3) is 5.20. The number of fused-ring (bicyclic) bond motifs is 1. The van der Waals surface area contributed by atoms with Gasteiger partial charge < -0.3 is 19.7 Å². The van der Waals surface area contributed by atoms with Crippen LogP contribution >= 0.6 is 0 Å². The maximum Gasteiger partial charge on any atom is 0.286 e. The maximum atomic E-state index is 12.9. The standard InChI is InChI=1S/C26H26N4O5/c31-26(22-16-24-25(35-15-14-34-24)17-23(22)30(32)33)27-20-6-8-21(9-7-20)29-12-10-28(11-13-29)18-19-4-2-1-3-5-19/h1-9,16-17H,10-15,18H2,(H,27,31). The summed E-state index contributed by atoms with van der Waals surface area (Å²) in [6.07, 6.45) is 0. The van der Waals surface area contributed by atoms with Gasteiger partial charge in [-0.05, 0) is 29.8 Å². The van der Waals surface area contributed by atoms with Gasteiger partial charge in [0.15, 0.2) is 11.5 Å². The first-order valence-corrected chi connectivity index (χ1v) is 11.6. The van der Waals surface area contributed by atoms with Crippen molar-refractivity contribution in [2.45, 2.75) is 6.54 Å². The highest BCUT2D eigenvalue weighted by molar-refractivity contribution is 6.07. The third-order valence-electron chi connectivity index (χ3n) is 6.21. The zero-order valence-corrected chi connectivity index (χ0v) is 19.2. The fraction of sp³-hybridized carbons (Fsp3) is 0.269. The van der Waals surface area contributed by atoms with E-state index in [4.69, 9.17) is 9.47 Å². The first-order chi connectivity index (χ1) is 17.1. The van der Waals surface area contributed by atoms with Crippen molar-refractivity contribution in [1.82, 2.24) is 4.90 Å². The van der Waals surface area contributed by atoms with Crippen LogP contribution in [0.4, 0.5) is 17.1 Å². The van der Waals surface area contributed by atoms with Crippen molar-refractivity contribution in [2.75, 3.05) is 49.6 Å². The smallest absolute Gasteiger partial charge is 0.286 e. The van der Waals surface area contributed by atoms with Crippen molar-refractivity contribution in [3.63, 3.8) is 0 Å². The van der Waals surface area contributed by atoms with E-state index in [1.165, 1.54) is 17.7 Å². The predicted octanol–water partition coefficient (Wildman–Crippen LogP) is 3.94. The molecule has 2 aliphatic heterocycles. The molecule has 0 aromatic heterocycles. The third-order valence-corrected chi connectivity index (χ3v) is 6.21. The van der Waals surface area contributed by atoms with Crippen LogP contribution in [0.3, 0.4) is 0 Å². The molecule has 9 nitrogen and oxygen atoms in total. The number of ether oxygens (including phenoxy) is 2. The summed E-state index contributed by atoms with van der Waals surface area (Å²) >= 11 is 0. The topological polar surface area (TPSA) is 97.2 Å². The van der Waals surface area contributed by atoms with Crippen molar-refractivity contribution in [1.29, 1.82) is 0 Å². The molecule has 0 radical (unpaired) electrons. The van der Waals surface area contributed by atoms with Crippen LogP contribution < -0.4 is 19.7 Å². The number of nitro benzene ring substituents is 1. The lowest BCUT2D eigenvalue weighted by molar-refractivity contribution is -0.385. The zero-order chi connectivity index (χ0) is 24.2. The second-order valence-corrected chi connectivity index (χ2v) is 8.52. The Kier molecular flexibility index (Phi) is 6.49. The number of amides is 1. The molecule has 9 heteroatoms. The predicted molar refractivity (Wildman–Crippen MR) is 132 cm³/mol. The van der Waals surface area contributed by atoms with E-state index in [1.807, 2.05) is 30.3 Å². The van der Waals surface area contributed by atoms with Crippen LogP contribution in [0.15, 0.2) is 66.7 Å². The summed E-state index contributed by atoms with van der Waals surface area (Å²) in [5.41, 5.74) is 2.56. The van der Waals surface area contributed by atoms with E-state index in [9.17, 15) is 14.9 Å². The number of carbonyl (C=O) groups is 1. The molecule has 1 saturated heterocycles. The van der Waals surface area contributed by atoms with Crippen LogP contribution in [0.1, 0.15) is 15.9 Å². The van der Waals surface area contributed by atoms with E-state index < -0.39 is 10.8 Å². The maximum absolute atomic E-state index is 12.9. The first kappa shape index (κ1) is 22.7. The van der Waals surface area contributed by atoms with E-state index in [0.717, 1.165) is 38.4 Å². The number of nitrogens with one attached hydrogen (secondary N) is 1. The van der Waals surface area contributed by atoms with Gasteiger partial charge in [0.2, 0.25) is 0 Å². The molecule has 180 valence electrons. The number of nitrogens with zero attached hydrogens (tertiary/aromatic N) is 3. The quantitative estimate of drug-likeness (QED) is 0.427. The van der Waals surface area contributed by atoms with E-state index in [-0.39, 0.29) is 17.0 Å². The van der Waals surface area contributed by atoms with Crippen molar-refractivity contribution in [2.24, 2.45) is 0 Å². The zero-order valence-electron chi connectivity index (χ0n) is 19.2. The van der Waals surface area contributed by atoms with Crippen LogP contribution in [0.25, 0.3) is 0 Å². The lowest BCUT2D eigenvalue weighted by Crippen LogP contribution is -2.45. The number of hydrogen-bond donors (Lipinski definition) is 1. The van der Waals surface area contributed by atoms with Crippen LogP contribution in [0.2, 0.25) is 0 Å². The van der Waals surface area contributed by atoms with E-state index >= 15 is 0 Å². The summed E-state index contributed by atoms with van der Waals surface area (Å²) in [6, 6.07) is 20.6. The van der Waals surface area contributed by atoms with Gasteiger partial charge in [-0.1, -0.05) is 30.3 Å². The van der Waals surface area contributed by atoms with Gasteiger partial charge in [-0.25, -0.2) is 0 Å². The Labute approximate surface area is 203 Å². The molecule has 3 aromatic rings. The molecule has 35 heavy (non-hydrogen) atoms. The Bertz CT molecular complexity index is 1210. The molecule has 0 spiro atoms. The molecule has 1 fully saturated rings. The van der Waals surface area contributed by atoms with Crippen molar-refractivity contribution in [3.8, 4) is 11.5 Å². The average molecular weight is 475 g/mol. The monoisotopic (exact) mass is 474 g/mol. The van der Waals surface area contributed by atoms with Gasteiger partial charge in [0.25, 0.3) is 11.6 Å². The SMILES string of the molecule is O=C(Nc1ccc(N2CCN(Cc3ccccc3)CC2)cc1)c1cc2c(cc1[N+](=O)[O-])OCCO2. The molecular formula is C26H26N4O5. The van der Waals surface area contributed by atoms with Crippen molar-refractivity contribution < 1.29 is 19.2 Å². The first-order valence-electron chi connectivity index (χ1n) is 11.6. The molecule has 0 aliphatic carbocycles. The average Bonchev–Trinajstić information content (AvgIpc) is 2.89. The fourth-order valence-electron chi connectivity index (χ4n) is 4.37. The second kappa shape index (κ2) is 10.0. The highest BCUT2D eigenvalue weighted by Gasteiger charge is 2.26. The number of piperazine rings is 1. The number of hydrogen-bond acceptors (Lipinski definition) is 7. The molecule has 0 bridgehead atoms. The molecule has 2 heterocycles. The normalized spacial score (nSPS) is 15.5. The minimum Gasteiger partial charge on any atom is -0.486 e. The molecule has 0 atom stereocenters. The summed E-state index contributed by atoms with van der Waals surface area (Å²) in [4.78, 5) is 28.6. The van der Waals surface area contributed by atoms with Gasteiger partial charge in [0, 0.05) is 50.2 Å². The summed E-state index contributed by atoms with van der Waals surface area (Å²) < 4.78 is 10.9. The highest BCUT2D eigenvalue weighted by atomic mass is 16.6. The molecular weight excluding hydrogens is 448 g/mol. The van der Waals surface area contributed by atoms with Crippen LogP contribution in [-0.2, 0) is 6.54 Å². The lowest BCUT2D eigenvalue weighted by atomic mass is 10.1. The van der Waals surface area contributed by atoms with E-state index in [1.54, 1.807) is 0 Å². The van der Waals surface area contributed by atoms with Gasteiger partial charge in [0.1, 0.15) is 18.8 Å². The minimum absolute atomic E-state index is 0.0714. The van der Waals surface area contributed by atoms with Crippen molar-refractivity contribution >= 4 is 23.0 Å². The Morgan fingerprint density at radius 1 is 0.914 bits per heavy atom. The summed E-state index contributed by atoms with van der Waals surface area (Å²) in [5, 5.41) is 14.3. The Hall–Kier alpha value is -4.11. The number of anilines is 2. The van der Waals surface area contributed by atoms with Crippen LogP contribution in [-0.4, -0.2) is 55.1 Å². The summed E-state index contributed by atoms with van der Waals surface area (Å²) in [6.45, 7) is 5.37.